The molecule has 0 aromatic heterocycles. The van der Waals surface area contributed by atoms with Crippen molar-refractivity contribution in [2.75, 3.05) is 12.0 Å². The summed E-state index contributed by atoms with van der Waals surface area (Å²) in [4.78, 5) is 11.6. The third-order valence-corrected chi connectivity index (χ3v) is 3.44. The van der Waals surface area contributed by atoms with Gasteiger partial charge in [-0.3, -0.25) is 0 Å². The molecule has 0 aliphatic heterocycles. The molecule has 0 spiro atoms. The van der Waals surface area contributed by atoms with Gasteiger partial charge in [0, 0.05) is 0 Å². The summed E-state index contributed by atoms with van der Waals surface area (Å²) in [6, 6.07) is 10.1. The molecule has 0 saturated carbocycles. The molecule has 0 bridgehead atoms. The lowest BCUT2D eigenvalue weighted by molar-refractivity contribution is 0.107. The minimum absolute atomic E-state index is 0.222. The molecule has 1 aromatic rings. The predicted octanol–water partition coefficient (Wildman–Crippen LogP) is 1.48. The molecule has 1 rings (SSSR count). The molecule has 3 nitrogen and oxygen atoms in total. The van der Waals surface area contributed by atoms with Crippen molar-refractivity contribution in [1.29, 1.82) is 5.26 Å². The summed E-state index contributed by atoms with van der Waals surface area (Å²) < 4.78 is 11.7. The van der Waals surface area contributed by atoms with Crippen molar-refractivity contribution in [2.45, 2.75) is 0 Å². The lowest BCUT2D eigenvalue weighted by Crippen LogP contribution is -2.23. The Morgan fingerprint density at radius 3 is 2.50 bits per heavy atom. The van der Waals surface area contributed by atoms with E-state index in [1.54, 1.807) is 36.4 Å². The van der Waals surface area contributed by atoms with E-state index < -0.39 is 15.0 Å². The molecule has 0 aliphatic carbocycles. The Morgan fingerprint density at radius 1 is 1.43 bits per heavy atom. The van der Waals surface area contributed by atoms with Crippen molar-refractivity contribution in [3.8, 4) is 6.07 Å². The Labute approximate surface area is 83.8 Å². The van der Waals surface area contributed by atoms with E-state index in [4.69, 9.17) is 5.26 Å². The van der Waals surface area contributed by atoms with Gasteiger partial charge in [0.05, 0.1) is 5.56 Å². The summed E-state index contributed by atoms with van der Waals surface area (Å²) in [6.45, 7) is 0. The molecule has 14 heavy (non-hydrogen) atoms. The Balaban J connectivity index is 2.98. The van der Waals surface area contributed by atoms with E-state index in [-0.39, 0.29) is 5.75 Å². The van der Waals surface area contributed by atoms with Crippen LogP contribution >= 0.6 is 0 Å². The van der Waals surface area contributed by atoms with Crippen LogP contribution in [-0.4, -0.2) is 17.1 Å². The lowest BCUT2D eigenvalue weighted by atomic mass is 10.2. The van der Waals surface area contributed by atoms with Crippen molar-refractivity contribution >= 4 is 15.0 Å². The summed E-state index contributed by atoms with van der Waals surface area (Å²) >= 11 is 0. The van der Waals surface area contributed by atoms with E-state index in [0.717, 1.165) is 0 Å². The Kier molecular flexibility index (Phi) is 3.15. The van der Waals surface area contributed by atoms with Gasteiger partial charge in [0.25, 0.3) is 0 Å². The average molecular weight is 208 g/mol. The van der Waals surface area contributed by atoms with Crippen LogP contribution in [0, 0.1) is 11.3 Å². The van der Waals surface area contributed by atoms with Crippen LogP contribution in [0.4, 0.5) is 0 Å². The van der Waals surface area contributed by atoms with Gasteiger partial charge in [-0.1, -0.05) is 22.4 Å². The van der Waals surface area contributed by atoms with Crippen LogP contribution in [0.25, 0.3) is 0 Å². The third kappa shape index (κ3) is 2.27. The van der Waals surface area contributed by atoms with Gasteiger partial charge >= 0.3 is 5.12 Å². The second-order valence-corrected chi connectivity index (χ2v) is 5.63. The van der Waals surface area contributed by atoms with E-state index in [9.17, 15) is 9.00 Å². The molecule has 72 valence electrons. The first kappa shape index (κ1) is 10.6. The van der Waals surface area contributed by atoms with Crippen LogP contribution in [0.3, 0.4) is 0 Å². The second kappa shape index (κ2) is 4.16. The maximum Gasteiger partial charge on any atom is 0.365 e. The fraction of sp³-hybridized carbons (Fsp3) is 0.200. The first-order valence-electron chi connectivity index (χ1n) is 4.01. The van der Waals surface area contributed by atoms with Crippen LogP contribution in [0.2, 0.25) is 0 Å². The third-order valence-electron chi connectivity index (χ3n) is 1.74. The zero-order valence-electron chi connectivity index (χ0n) is 7.77. The molecule has 0 radical (unpaired) electrons. The van der Waals surface area contributed by atoms with E-state index >= 15 is 0 Å². The molecule has 4 heteroatoms. The highest BCUT2D eigenvalue weighted by molar-refractivity contribution is 8.16. The predicted molar refractivity (Wildman–Crippen MR) is 55.2 cm³/mol. The van der Waals surface area contributed by atoms with Crippen molar-refractivity contribution in [2.24, 2.45) is 0 Å². The van der Waals surface area contributed by atoms with Crippen molar-refractivity contribution < 1.29 is 9.00 Å². The van der Waals surface area contributed by atoms with Gasteiger partial charge in [0.1, 0.15) is 12.3 Å². The molecule has 1 atom stereocenters. The maximum atomic E-state index is 11.7. The minimum atomic E-state index is -2.71. The number of nitriles is 1. The van der Waals surface area contributed by atoms with Gasteiger partial charge in [-0.25, -0.2) is 4.79 Å². The van der Waals surface area contributed by atoms with E-state index in [0.29, 0.717) is 5.56 Å². The van der Waals surface area contributed by atoms with Crippen molar-refractivity contribution in [3.05, 3.63) is 35.9 Å². The summed E-state index contributed by atoms with van der Waals surface area (Å²) in [7, 11) is -2.71. The Hall–Kier alpha value is -1.47. The minimum Gasteiger partial charge on any atom is -0.232 e. The highest BCUT2D eigenvalue weighted by Gasteiger charge is 2.33. The first-order chi connectivity index (χ1) is 6.58. The lowest BCUT2D eigenvalue weighted by Gasteiger charge is -2.00. The van der Waals surface area contributed by atoms with Gasteiger partial charge in [-0.15, -0.1) is 0 Å². The van der Waals surface area contributed by atoms with E-state index in [1.807, 2.05) is 0 Å². The quantitative estimate of drug-likeness (QED) is 0.692. The first-order valence-corrected chi connectivity index (χ1v) is 6.15. The SMILES string of the molecule is C[S+](=O)(CC#N)C(=O)c1ccccc1. The molecule has 0 saturated heterocycles. The topological polar surface area (TPSA) is 57.9 Å². The number of nitrogens with zero attached hydrogens (tertiary/aromatic N) is 1. The van der Waals surface area contributed by atoms with Crippen LogP contribution < -0.4 is 0 Å². The summed E-state index contributed by atoms with van der Waals surface area (Å²) in [5, 5.41) is 7.97. The van der Waals surface area contributed by atoms with Crippen molar-refractivity contribution in [1.82, 2.24) is 0 Å². The molecular formula is C10H10NO2S+. The molecule has 1 unspecified atom stereocenters. The molecular weight excluding hydrogens is 198 g/mol. The largest absolute Gasteiger partial charge is 0.365 e. The van der Waals surface area contributed by atoms with Gasteiger partial charge in [0.2, 0.25) is 5.75 Å². The maximum absolute atomic E-state index is 11.7. The molecule has 0 N–H and O–H groups in total. The van der Waals surface area contributed by atoms with Crippen LogP contribution in [-0.2, 0) is 14.1 Å². The van der Waals surface area contributed by atoms with Crippen LogP contribution in [0.5, 0.6) is 0 Å². The zero-order valence-corrected chi connectivity index (χ0v) is 8.58. The van der Waals surface area contributed by atoms with E-state index in [2.05, 4.69) is 0 Å². The summed E-state index contributed by atoms with van der Waals surface area (Å²) in [6.07, 6.45) is 1.32. The number of rotatable bonds is 2. The highest BCUT2D eigenvalue weighted by Crippen LogP contribution is 2.11. The Bertz CT molecular complexity index is 419. The number of hydrogen-bond acceptors (Lipinski definition) is 3. The highest BCUT2D eigenvalue weighted by atomic mass is 32.2. The number of carbonyl (C=O) groups is 1. The second-order valence-electron chi connectivity index (χ2n) is 2.96. The number of hydrogen-bond donors (Lipinski definition) is 0. The van der Waals surface area contributed by atoms with Crippen LogP contribution in [0.15, 0.2) is 30.3 Å². The number of benzene rings is 1. The van der Waals surface area contributed by atoms with Crippen molar-refractivity contribution in [3.63, 3.8) is 0 Å². The standard InChI is InChI=1S/C10H10NO2S/c1-14(13,8-7-11)10(12)9-5-3-2-4-6-9/h2-6H,8H2,1H3/q+1. The van der Waals surface area contributed by atoms with Gasteiger partial charge < -0.3 is 0 Å². The van der Waals surface area contributed by atoms with Gasteiger partial charge in [-0.05, 0) is 12.1 Å². The fourth-order valence-corrected chi connectivity index (χ4v) is 2.02. The van der Waals surface area contributed by atoms with Crippen LogP contribution in [0.1, 0.15) is 10.4 Å². The molecule has 0 fully saturated rings. The molecule has 0 aliphatic rings. The zero-order chi connectivity index (χ0) is 10.6. The normalized spacial score (nSPS) is 14.0. The van der Waals surface area contributed by atoms with Gasteiger partial charge in [0.15, 0.2) is 9.93 Å². The Morgan fingerprint density at radius 2 is 2.00 bits per heavy atom. The van der Waals surface area contributed by atoms with E-state index in [1.165, 1.54) is 6.26 Å². The molecule has 0 amide bonds. The summed E-state index contributed by atoms with van der Waals surface area (Å²) in [5.41, 5.74) is 0.398. The average Bonchev–Trinajstić information content (AvgIpc) is 2.18. The number of carbonyl (C=O) groups excluding carboxylic acids is 1. The monoisotopic (exact) mass is 208 g/mol. The molecule has 1 aromatic carbocycles. The fourth-order valence-electron chi connectivity index (χ4n) is 1.01. The van der Waals surface area contributed by atoms with Gasteiger partial charge in [-0.2, -0.15) is 5.26 Å². The smallest absolute Gasteiger partial charge is 0.232 e. The molecule has 0 heterocycles. The summed E-state index contributed by atoms with van der Waals surface area (Å²) in [5.74, 6) is -0.222.